The predicted octanol–water partition coefficient (Wildman–Crippen LogP) is 1.12. The van der Waals surface area contributed by atoms with Crippen LogP contribution in [0.5, 0.6) is 0 Å². The molecule has 2 bridgehead atoms. The van der Waals surface area contributed by atoms with Gasteiger partial charge in [0, 0.05) is 17.3 Å². The molecule has 3 rings (SSSR count). The first-order chi connectivity index (χ1) is 5.49. The molecule has 2 aliphatic heterocycles. The molecule has 3 nitrogen and oxygen atoms in total. The summed E-state index contributed by atoms with van der Waals surface area (Å²) in [5.74, 6) is 0.662. The van der Waals surface area contributed by atoms with Crippen molar-refractivity contribution >= 4 is 19.7 Å². The first kappa shape index (κ1) is 8.78. The lowest BCUT2D eigenvalue weighted by molar-refractivity contribution is -0.162. The molecule has 2 heterocycles. The molecule has 3 aliphatic rings. The smallest absolute Gasteiger partial charge is 0.235 e. The summed E-state index contributed by atoms with van der Waals surface area (Å²) >= 11 is 0. The van der Waals surface area contributed by atoms with E-state index in [4.69, 9.17) is 15.4 Å². The highest BCUT2D eigenvalue weighted by molar-refractivity contribution is 8.13. The fourth-order valence-corrected chi connectivity index (χ4v) is 3.77. The Morgan fingerprint density at radius 2 is 2.17 bits per heavy atom. The number of fused-ring (bicyclic) bond motifs is 2. The SMILES string of the molecule is O=S(=O)(Cl)CC12CC(CCO1)C2. The molecule has 0 aromatic carbocycles. The lowest BCUT2D eigenvalue weighted by Gasteiger charge is -2.51. The largest absolute Gasteiger partial charge is 0.374 e. The zero-order valence-electron chi connectivity index (χ0n) is 6.62. The second-order valence-corrected chi connectivity index (χ2v) is 6.55. The van der Waals surface area contributed by atoms with E-state index >= 15 is 0 Å². The van der Waals surface area contributed by atoms with E-state index in [9.17, 15) is 8.42 Å². The molecule has 70 valence electrons. The second kappa shape index (κ2) is 2.59. The van der Waals surface area contributed by atoms with Crippen molar-refractivity contribution in [3.05, 3.63) is 0 Å². The van der Waals surface area contributed by atoms with Crippen molar-refractivity contribution in [2.45, 2.75) is 24.9 Å². The molecule has 0 N–H and O–H groups in total. The highest BCUT2D eigenvalue weighted by Crippen LogP contribution is 2.47. The van der Waals surface area contributed by atoms with Crippen molar-refractivity contribution in [1.82, 2.24) is 0 Å². The van der Waals surface area contributed by atoms with Gasteiger partial charge in [-0.1, -0.05) is 0 Å². The van der Waals surface area contributed by atoms with Crippen molar-refractivity contribution in [2.24, 2.45) is 5.92 Å². The van der Waals surface area contributed by atoms with Gasteiger partial charge < -0.3 is 4.74 Å². The molecule has 0 aromatic heterocycles. The third kappa shape index (κ3) is 1.60. The van der Waals surface area contributed by atoms with Gasteiger partial charge in [-0.3, -0.25) is 0 Å². The van der Waals surface area contributed by atoms with E-state index in [0.717, 1.165) is 19.3 Å². The van der Waals surface area contributed by atoms with Crippen LogP contribution in [0, 0.1) is 5.92 Å². The Morgan fingerprint density at radius 3 is 2.58 bits per heavy atom. The van der Waals surface area contributed by atoms with Gasteiger partial charge in [-0.2, -0.15) is 0 Å². The van der Waals surface area contributed by atoms with Crippen LogP contribution in [0.4, 0.5) is 0 Å². The molecule has 0 unspecified atom stereocenters. The quantitative estimate of drug-likeness (QED) is 0.642. The normalized spacial score (nSPS) is 40.6. The van der Waals surface area contributed by atoms with Gasteiger partial charge in [-0.25, -0.2) is 8.42 Å². The van der Waals surface area contributed by atoms with Gasteiger partial charge in [0.15, 0.2) is 0 Å². The molecule has 12 heavy (non-hydrogen) atoms. The van der Waals surface area contributed by atoms with Crippen LogP contribution < -0.4 is 0 Å². The van der Waals surface area contributed by atoms with E-state index in [1.807, 2.05) is 0 Å². The standard InChI is InChI=1S/C7H11ClO3S/c8-12(9,10)5-7-3-6(4-7)1-2-11-7/h6H,1-5H2. The van der Waals surface area contributed by atoms with Crippen molar-refractivity contribution in [2.75, 3.05) is 12.4 Å². The van der Waals surface area contributed by atoms with E-state index < -0.39 is 14.7 Å². The Kier molecular flexibility index (Phi) is 1.90. The van der Waals surface area contributed by atoms with Crippen LogP contribution in [0.1, 0.15) is 19.3 Å². The summed E-state index contributed by atoms with van der Waals surface area (Å²) in [5, 5.41) is 0. The van der Waals surface area contributed by atoms with Crippen LogP contribution in [0.15, 0.2) is 0 Å². The molecule has 3 fully saturated rings. The molecule has 0 atom stereocenters. The average molecular weight is 211 g/mol. The van der Waals surface area contributed by atoms with Crippen LogP contribution in [0.3, 0.4) is 0 Å². The highest BCUT2D eigenvalue weighted by Gasteiger charge is 2.50. The minimum absolute atomic E-state index is 0.0158. The number of ether oxygens (including phenoxy) is 1. The van der Waals surface area contributed by atoms with Gasteiger partial charge in [-0.05, 0) is 25.2 Å². The number of rotatable bonds is 2. The summed E-state index contributed by atoms with van der Waals surface area (Å²) < 4.78 is 27.1. The second-order valence-electron chi connectivity index (χ2n) is 3.78. The Morgan fingerprint density at radius 1 is 1.50 bits per heavy atom. The van der Waals surface area contributed by atoms with Gasteiger partial charge in [0.05, 0.1) is 11.4 Å². The molecule has 5 heteroatoms. The molecule has 2 saturated heterocycles. The Bertz CT molecular complexity index is 274. The van der Waals surface area contributed by atoms with Crippen molar-refractivity contribution < 1.29 is 13.2 Å². The molecule has 1 aliphatic carbocycles. The van der Waals surface area contributed by atoms with E-state index in [0.29, 0.717) is 12.5 Å². The number of hydrogen-bond donors (Lipinski definition) is 0. The molecule has 0 spiro atoms. The zero-order valence-corrected chi connectivity index (χ0v) is 8.20. The minimum Gasteiger partial charge on any atom is -0.374 e. The van der Waals surface area contributed by atoms with Gasteiger partial charge in [0.25, 0.3) is 0 Å². The average Bonchev–Trinajstić information content (AvgIpc) is 1.81. The molecular formula is C7H11ClO3S. The summed E-state index contributed by atoms with van der Waals surface area (Å²) in [4.78, 5) is 0. The third-order valence-corrected chi connectivity index (χ3v) is 3.89. The van der Waals surface area contributed by atoms with Crippen LogP contribution in [-0.4, -0.2) is 26.4 Å². The Labute approximate surface area is 76.5 Å². The van der Waals surface area contributed by atoms with Crippen LogP contribution in [0.2, 0.25) is 0 Å². The maximum atomic E-state index is 10.8. The first-order valence-corrected chi connectivity index (χ1v) is 6.53. The fourth-order valence-electron chi connectivity index (χ4n) is 2.23. The topological polar surface area (TPSA) is 43.4 Å². The highest BCUT2D eigenvalue weighted by atomic mass is 35.7. The van der Waals surface area contributed by atoms with Crippen LogP contribution >= 0.6 is 10.7 Å². The molecule has 0 amide bonds. The summed E-state index contributed by atoms with van der Waals surface area (Å²) in [6.45, 7) is 0.692. The summed E-state index contributed by atoms with van der Waals surface area (Å²) in [6, 6.07) is 0. The Hall–Kier alpha value is 0.200. The monoisotopic (exact) mass is 210 g/mol. The van der Waals surface area contributed by atoms with Gasteiger partial charge in [0.2, 0.25) is 9.05 Å². The summed E-state index contributed by atoms with van der Waals surface area (Å²) in [5.41, 5.74) is -0.413. The zero-order chi connectivity index (χ0) is 8.82. The van der Waals surface area contributed by atoms with Crippen molar-refractivity contribution in [1.29, 1.82) is 0 Å². The predicted molar refractivity (Wildman–Crippen MR) is 45.7 cm³/mol. The van der Waals surface area contributed by atoms with E-state index in [-0.39, 0.29) is 5.75 Å². The summed E-state index contributed by atoms with van der Waals surface area (Å²) in [6.07, 6.45) is 2.82. The van der Waals surface area contributed by atoms with Crippen molar-refractivity contribution in [3.63, 3.8) is 0 Å². The van der Waals surface area contributed by atoms with E-state index in [2.05, 4.69) is 0 Å². The van der Waals surface area contributed by atoms with E-state index in [1.165, 1.54) is 0 Å². The van der Waals surface area contributed by atoms with Gasteiger partial charge in [0.1, 0.15) is 0 Å². The minimum atomic E-state index is -3.40. The lowest BCUT2D eigenvalue weighted by Crippen LogP contribution is -2.54. The van der Waals surface area contributed by atoms with Gasteiger partial charge in [-0.15, -0.1) is 0 Å². The maximum absolute atomic E-state index is 10.8. The van der Waals surface area contributed by atoms with Crippen LogP contribution in [0.25, 0.3) is 0 Å². The fraction of sp³-hybridized carbons (Fsp3) is 1.00. The van der Waals surface area contributed by atoms with Gasteiger partial charge >= 0.3 is 0 Å². The molecule has 0 aromatic rings. The maximum Gasteiger partial charge on any atom is 0.235 e. The Balaban J connectivity index is 2.05. The van der Waals surface area contributed by atoms with Crippen LogP contribution in [-0.2, 0) is 13.8 Å². The molecule has 1 saturated carbocycles. The first-order valence-electron chi connectivity index (χ1n) is 4.05. The number of hydrogen-bond acceptors (Lipinski definition) is 3. The summed E-state index contributed by atoms with van der Waals surface area (Å²) in [7, 11) is 1.78. The molecular weight excluding hydrogens is 200 g/mol. The van der Waals surface area contributed by atoms with Crippen molar-refractivity contribution in [3.8, 4) is 0 Å². The lowest BCUT2D eigenvalue weighted by atomic mass is 9.68. The third-order valence-electron chi connectivity index (χ3n) is 2.69. The molecule has 0 radical (unpaired) electrons. The number of halogens is 1. The van der Waals surface area contributed by atoms with E-state index in [1.54, 1.807) is 0 Å².